The normalized spacial score (nSPS) is 11.4. The molecule has 4 N–H and O–H groups in total. The molecule has 0 aliphatic heterocycles. The first-order chi connectivity index (χ1) is 9.99. The summed E-state index contributed by atoms with van der Waals surface area (Å²) in [5.74, 6) is -0.352. The number of carbonyl (C=O) groups excluding carboxylic acids is 1. The summed E-state index contributed by atoms with van der Waals surface area (Å²) >= 11 is 0. The van der Waals surface area contributed by atoms with Crippen molar-refractivity contribution in [1.82, 2.24) is 4.90 Å². The lowest BCUT2D eigenvalue weighted by Gasteiger charge is -2.22. The lowest BCUT2D eigenvalue weighted by atomic mass is 10.1. The highest BCUT2D eigenvalue weighted by molar-refractivity contribution is 5.97. The van der Waals surface area contributed by atoms with Gasteiger partial charge in [-0.05, 0) is 19.1 Å². The molecule has 116 valence electrons. The van der Waals surface area contributed by atoms with Gasteiger partial charge in [0.05, 0.1) is 12.2 Å². The van der Waals surface area contributed by atoms with E-state index < -0.39 is 0 Å². The average molecular weight is 295 g/mol. The highest BCUT2D eigenvalue weighted by Gasteiger charge is 2.19. The summed E-state index contributed by atoms with van der Waals surface area (Å²) in [7, 11) is 1.54. The number of amidine groups is 1. The second kappa shape index (κ2) is 8.11. The second-order valence-corrected chi connectivity index (χ2v) is 4.65. The quantitative estimate of drug-likeness (QED) is 0.300. The molecule has 1 aromatic rings. The van der Waals surface area contributed by atoms with Gasteiger partial charge in [0.1, 0.15) is 11.6 Å². The Morgan fingerprint density at radius 1 is 1.43 bits per heavy atom. The Bertz CT molecular complexity index is 517. The van der Waals surface area contributed by atoms with Crippen LogP contribution in [-0.2, 0) is 4.74 Å². The van der Waals surface area contributed by atoms with Crippen LogP contribution in [-0.4, -0.2) is 53.8 Å². The van der Waals surface area contributed by atoms with Crippen LogP contribution in [0.25, 0.3) is 0 Å². The van der Waals surface area contributed by atoms with Crippen LogP contribution in [0.15, 0.2) is 23.4 Å². The summed E-state index contributed by atoms with van der Waals surface area (Å²) in [5, 5.41) is 21.3. The Balaban J connectivity index is 2.90. The number of rotatable bonds is 7. The molecule has 0 aliphatic rings. The summed E-state index contributed by atoms with van der Waals surface area (Å²) in [6.07, 6.45) is 0.235. The fourth-order valence-electron chi connectivity index (χ4n) is 1.81. The van der Waals surface area contributed by atoms with E-state index in [4.69, 9.17) is 15.7 Å². The summed E-state index contributed by atoms with van der Waals surface area (Å²) in [5.41, 5.74) is 6.53. The number of hydrogen-bond donors (Lipinski definition) is 3. The van der Waals surface area contributed by atoms with Crippen molar-refractivity contribution >= 4 is 11.7 Å². The molecular formula is C14H21N3O4. The van der Waals surface area contributed by atoms with Crippen LogP contribution < -0.4 is 5.73 Å². The number of nitrogens with two attached hydrogens (primary N) is 1. The van der Waals surface area contributed by atoms with Crippen molar-refractivity contribution in [2.24, 2.45) is 10.9 Å². The average Bonchev–Trinajstić information content (AvgIpc) is 2.48. The number of aromatic hydroxyl groups is 1. The molecule has 0 bridgehead atoms. The molecule has 0 unspecified atom stereocenters. The second-order valence-electron chi connectivity index (χ2n) is 4.65. The fraction of sp³-hybridized carbons (Fsp3) is 0.429. The number of amides is 1. The third-order valence-electron chi connectivity index (χ3n) is 3.00. The number of benzene rings is 1. The number of methoxy groups -OCH3 is 1. The van der Waals surface area contributed by atoms with E-state index in [1.165, 1.54) is 18.1 Å². The van der Waals surface area contributed by atoms with Gasteiger partial charge in [-0.2, -0.15) is 0 Å². The van der Waals surface area contributed by atoms with Gasteiger partial charge in [0.25, 0.3) is 5.91 Å². The van der Waals surface area contributed by atoms with E-state index in [1.807, 2.05) is 6.92 Å². The topological polar surface area (TPSA) is 108 Å². The Morgan fingerprint density at radius 3 is 2.76 bits per heavy atom. The van der Waals surface area contributed by atoms with E-state index in [0.29, 0.717) is 13.2 Å². The molecule has 0 saturated heterocycles. The van der Waals surface area contributed by atoms with E-state index in [2.05, 4.69) is 5.16 Å². The Morgan fingerprint density at radius 2 is 2.14 bits per heavy atom. The summed E-state index contributed by atoms with van der Waals surface area (Å²) in [6.45, 7) is 2.81. The summed E-state index contributed by atoms with van der Waals surface area (Å²) in [6, 6.07) is 4.84. The molecule has 1 rings (SSSR count). The Labute approximate surface area is 123 Å². The Kier molecular flexibility index (Phi) is 6.48. The molecule has 7 heteroatoms. The van der Waals surface area contributed by atoms with E-state index in [1.54, 1.807) is 12.1 Å². The van der Waals surface area contributed by atoms with Gasteiger partial charge in [-0.1, -0.05) is 16.8 Å². The number of hydrogen-bond acceptors (Lipinski definition) is 5. The van der Waals surface area contributed by atoms with Crippen LogP contribution in [0, 0.1) is 6.92 Å². The molecule has 0 saturated carbocycles. The maximum absolute atomic E-state index is 12.5. The minimum absolute atomic E-state index is 0.0404. The van der Waals surface area contributed by atoms with Gasteiger partial charge in [-0.3, -0.25) is 4.79 Å². The van der Waals surface area contributed by atoms with Crippen molar-refractivity contribution in [3.05, 3.63) is 29.3 Å². The third-order valence-corrected chi connectivity index (χ3v) is 3.00. The molecule has 0 aliphatic carbocycles. The molecule has 0 atom stereocenters. The maximum atomic E-state index is 12.5. The first-order valence-corrected chi connectivity index (χ1v) is 6.53. The van der Waals surface area contributed by atoms with Gasteiger partial charge in [0.2, 0.25) is 0 Å². The van der Waals surface area contributed by atoms with Crippen molar-refractivity contribution in [2.75, 3.05) is 26.8 Å². The molecule has 0 spiro atoms. The molecule has 7 nitrogen and oxygen atoms in total. The zero-order valence-electron chi connectivity index (χ0n) is 12.2. The number of phenols is 1. The molecule has 1 aromatic carbocycles. The zero-order chi connectivity index (χ0) is 15.8. The van der Waals surface area contributed by atoms with Gasteiger partial charge in [-0.25, -0.2) is 0 Å². The zero-order valence-corrected chi connectivity index (χ0v) is 12.2. The fourth-order valence-corrected chi connectivity index (χ4v) is 1.81. The standard InChI is InChI=1S/C14H21N3O4/c1-10-3-4-12(18)11(9-10)14(19)17(7-8-21-2)6-5-13(15)16-20/h3-4,9,18,20H,5-8H2,1-2H3,(H2,15,16). The van der Waals surface area contributed by atoms with Crippen LogP contribution >= 0.6 is 0 Å². The first-order valence-electron chi connectivity index (χ1n) is 6.53. The Hall–Kier alpha value is -2.28. The van der Waals surface area contributed by atoms with Gasteiger partial charge in [0.15, 0.2) is 0 Å². The van der Waals surface area contributed by atoms with E-state index in [0.717, 1.165) is 5.56 Å². The molecule has 1 amide bonds. The maximum Gasteiger partial charge on any atom is 0.257 e. The number of aryl methyl sites for hydroxylation is 1. The van der Waals surface area contributed by atoms with Crippen molar-refractivity contribution < 1.29 is 19.8 Å². The number of nitrogens with zero attached hydrogens (tertiary/aromatic N) is 2. The molecule has 21 heavy (non-hydrogen) atoms. The summed E-state index contributed by atoms with van der Waals surface area (Å²) in [4.78, 5) is 14.0. The predicted octanol–water partition coefficient (Wildman–Crippen LogP) is 0.926. The van der Waals surface area contributed by atoms with E-state index >= 15 is 0 Å². The minimum atomic E-state index is -0.320. The van der Waals surface area contributed by atoms with Gasteiger partial charge in [0, 0.05) is 26.6 Å². The largest absolute Gasteiger partial charge is 0.507 e. The van der Waals surface area contributed by atoms with Crippen LogP contribution in [0.5, 0.6) is 5.75 Å². The lowest BCUT2D eigenvalue weighted by Crippen LogP contribution is -2.36. The highest BCUT2D eigenvalue weighted by Crippen LogP contribution is 2.20. The molecule has 0 aromatic heterocycles. The van der Waals surface area contributed by atoms with Crippen LogP contribution in [0.1, 0.15) is 22.3 Å². The van der Waals surface area contributed by atoms with Crippen LogP contribution in [0.4, 0.5) is 0 Å². The van der Waals surface area contributed by atoms with Crippen LogP contribution in [0.2, 0.25) is 0 Å². The van der Waals surface area contributed by atoms with Crippen molar-refractivity contribution in [3.63, 3.8) is 0 Å². The monoisotopic (exact) mass is 295 g/mol. The third kappa shape index (κ3) is 4.96. The number of carbonyl (C=O) groups is 1. The van der Waals surface area contributed by atoms with Gasteiger partial charge < -0.3 is 25.7 Å². The van der Waals surface area contributed by atoms with Gasteiger partial charge in [-0.15, -0.1) is 0 Å². The molecular weight excluding hydrogens is 274 g/mol. The summed E-state index contributed by atoms with van der Waals surface area (Å²) < 4.78 is 4.98. The predicted molar refractivity (Wildman–Crippen MR) is 78.6 cm³/mol. The molecule has 0 heterocycles. The number of ether oxygens (including phenoxy) is 1. The highest BCUT2D eigenvalue weighted by atomic mass is 16.5. The first kappa shape index (κ1) is 16.8. The molecule has 0 fully saturated rings. The minimum Gasteiger partial charge on any atom is -0.507 e. The van der Waals surface area contributed by atoms with Crippen molar-refractivity contribution in [1.29, 1.82) is 0 Å². The molecule has 0 radical (unpaired) electrons. The van der Waals surface area contributed by atoms with E-state index in [9.17, 15) is 9.90 Å². The lowest BCUT2D eigenvalue weighted by molar-refractivity contribution is 0.0697. The van der Waals surface area contributed by atoms with Crippen molar-refractivity contribution in [2.45, 2.75) is 13.3 Å². The van der Waals surface area contributed by atoms with Crippen molar-refractivity contribution in [3.8, 4) is 5.75 Å². The SMILES string of the molecule is COCCN(CCC(N)=NO)C(=O)c1cc(C)ccc1O. The smallest absolute Gasteiger partial charge is 0.257 e. The number of phenolic OH excluding ortho intramolecular Hbond substituents is 1. The number of oxime groups is 1. The van der Waals surface area contributed by atoms with Gasteiger partial charge >= 0.3 is 0 Å². The van der Waals surface area contributed by atoms with E-state index in [-0.39, 0.29) is 36.0 Å². The van der Waals surface area contributed by atoms with Crippen LogP contribution in [0.3, 0.4) is 0 Å².